The fraction of sp³-hybridized carbons (Fsp3) is 0.219. The normalized spacial score (nSPS) is 11.8. The minimum absolute atomic E-state index is 0. The van der Waals surface area contributed by atoms with Crippen LogP contribution in [-0.4, -0.2) is 35.8 Å². The first-order valence-corrected chi connectivity index (χ1v) is 12.7. The topological polar surface area (TPSA) is 93.8 Å². The lowest BCUT2D eigenvalue weighted by Gasteiger charge is -2.28. The number of nitrogens with one attached hydrogen (secondary N) is 1. The number of amides is 1. The third-order valence-corrected chi connectivity index (χ3v) is 6.16. The van der Waals surface area contributed by atoms with Crippen LogP contribution in [0.25, 0.3) is 11.1 Å². The van der Waals surface area contributed by atoms with E-state index in [1.807, 2.05) is 78.9 Å². The van der Waals surface area contributed by atoms with Gasteiger partial charge in [0.2, 0.25) is 5.91 Å². The van der Waals surface area contributed by atoms with Crippen molar-refractivity contribution in [1.82, 2.24) is 5.32 Å². The van der Waals surface area contributed by atoms with Crippen molar-refractivity contribution in [2.75, 3.05) is 13.2 Å². The van der Waals surface area contributed by atoms with Gasteiger partial charge >= 0.3 is 0 Å². The molecule has 0 spiro atoms. The number of carbonyl (C=O) groups excluding carboxylic acids is 1. The van der Waals surface area contributed by atoms with E-state index in [1.54, 1.807) is 24.3 Å². The van der Waals surface area contributed by atoms with E-state index in [0.717, 1.165) is 28.9 Å². The molecule has 39 heavy (non-hydrogen) atoms. The highest BCUT2D eigenvalue weighted by atomic mass is 35.5. The van der Waals surface area contributed by atoms with Crippen molar-refractivity contribution in [1.29, 1.82) is 0 Å². The Morgan fingerprint density at radius 3 is 2.10 bits per heavy atom. The van der Waals surface area contributed by atoms with Gasteiger partial charge in [-0.2, -0.15) is 0 Å². The lowest BCUT2D eigenvalue weighted by Crippen LogP contribution is -2.46. The van der Waals surface area contributed by atoms with Crippen molar-refractivity contribution in [3.8, 4) is 28.4 Å². The van der Waals surface area contributed by atoms with E-state index in [2.05, 4.69) is 19.2 Å². The van der Waals surface area contributed by atoms with E-state index < -0.39 is 12.0 Å². The molecule has 0 aromatic heterocycles. The average molecular weight is 547 g/mol. The Morgan fingerprint density at radius 2 is 1.46 bits per heavy atom. The molecule has 0 aliphatic carbocycles. The smallest absolute Gasteiger partial charge is 0.248 e. The molecule has 0 fully saturated rings. The lowest BCUT2D eigenvalue weighted by atomic mass is 9.94. The van der Waals surface area contributed by atoms with E-state index in [-0.39, 0.29) is 24.6 Å². The number of nitrogens with two attached hydrogens (primary N) is 1. The summed E-state index contributed by atoms with van der Waals surface area (Å²) >= 11 is 0. The van der Waals surface area contributed by atoms with Crippen LogP contribution in [-0.2, 0) is 6.42 Å². The molecule has 1 atom stereocenters. The Morgan fingerprint density at radius 1 is 0.872 bits per heavy atom. The fourth-order valence-electron chi connectivity index (χ4n) is 4.16. The molecule has 1 amide bonds. The number of carbonyl (C=O) groups is 1. The first kappa shape index (κ1) is 29.7. The highest BCUT2D eigenvalue weighted by Crippen LogP contribution is 2.29. The SMILES string of the molecule is CC(C)(Cc1ccc(Oc2ccc(C(N)=O)cc2)cc1)NC[C@H](O)COc1ccccc1-c1ccccc1.Cl. The van der Waals surface area contributed by atoms with E-state index in [0.29, 0.717) is 23.6 Å². The summed E-state index contributed by atoms with van der Waals surface area (Å²) in [6.45, 7) is 4.81. The largest absolute Gasteiger partial charge is 0.490 e. The molecule has 4 rings (SSSR count). The monoisotopic (exact) mass is 546 g/mol. The molecule has 0 unspecified atom stereocenters. The molecule has 0 bridgehead atoms. The van der Waals surface area contributed by atoms with Crippen molar-refractivity contribution in [3.05, 3.63) is 114 Å². The number of ether oxygens (including phenoxy) is 2. The van der Waals surface area contributed by atoms with Gasteiger partial charge in [0, 0.05) is 23.2 Å². The summed E-state index contributed by atoms with van der Waals surface area (Å²) in [4.78, 5) is 11.2. The molecule has 7 heteroatoms. The predicted molar refractivity (Wildman–Crippen MR) is 158 cm³/mol. The van der Waals surface area contributed by atoms with Crippen LogP contribution in [0, 0.1) is 0 Å². The Balaban J connectivity index is 0.00000420. The molecule has 4 aromatic rings. The second-order valence-electron chi connectivity index (χ2n) is 9.90. The van der Waals surface area contributed by atoms with Crippen molar-refractivity contribution < 1.29 is 19.4 Å². The molecular weight excluding hydrogens is 512 g/mol. The summed E-state index contributed by atoms with van der Waals surface area (Å²) < 4.78 is 11.9. The van der Waals surface area contributed by atoms with Crippen LogP contribution < -0.4 is 20.5 Å². The zero-order chi connectivity index (χ0) is 27.0. The number of β-amino-alcohol motifs (C(OH)–C–C–N with tert-alkyl or cyclic N) is 1. The Labute approximate surface area is 236 Å². The fourth-order valence-corrected chi connectivity index (χ4v) is 4.16. The van der Waals surface area contributed by atoms with Gasteiger partial charge in [0.15, 0.2) is 0 Å². The zero-order valence-electron chi connectivity index (χ0n) is 22.2. The third-order valence-electron chi connectivity index (χ3n) is 6.16. The average Bonchev–Trinajstić information content (AvgIpc) is 2.93. The molecule has 6 nitrogen and oxygen atoms in total. The second kappa shape index (κ2) is 13.8. The summed E-state index contributed by atoms with van der Waals surface area (Å²) in [5.74, 6) is 1.62. The maximum Gasteiger partial charge on any atom is 0.248 e. The number of primary amides is 1. The van der Waals surface area contributed by atoms with Gasteiger partial charge < -0.3 is 25.6 Å². The van der Waals surface area contributed by atoms with Crippen LogP contribution in [0.15, 0.2) is 103 Å². The Kier molecular flexibility index (Phi) is 10.5. The third kappa shape index (κ3) is 8.86. The minimum atomic E-state index is -0.658. The Bertz CT molecular complexity index is 1330. The van der Waals surface area contributed by atoms with E-state index >= 15 is 0 Å². The predicted octanol–water partition coefficient (Wildman–Crippen LogP) is 6.02. The lowest BCUT2D eigenvalue weighted by molar-refractivity contribution is 0.0991. The quantitative estimate of drug-likeness (QED) is 0.202. The molecule has 204 valence electrons. The van der Waals surface area contributed by atoms with Gasteiger partial charge in [-0.1, -0.05) is 60.7 Å². The highest BCUT2D eigenvalue weighted by molar-refractivity contribution is 5.92. The molecule has 0 radical (unpaired) electrons. The standard InChI is InChI=1S/C32H34N2O4.ClH/c1-32(2,20-23-12-16-27(17-13-23)38-28-18-14-25(15-19-28)31(33)36)34-21-26(35)22-37-30-11-7-6-10-29(30)24-8-4-3-5-9-24;/h3-19,26,34-35H,20-22H2,1-2H3,(H2,33,36);1H/t26-;/m0./s1. The van der Waals surface area contributed by atoms with E-state index in [4.69, 9.17) is 15.2 Å². The number of hydrogen-bond donors (Lipinski definition) is 3. The minimum Gasteiger partial charge on any atom is -0.490 e. The number of rotatable bonds is 12. The molecule has 0 heterocycles. The molecule has 4 N–H and O–H groups in total. The molecule has 4 aromatic carbocycles. The van der Waals surface area contributed by atoms with Crippen LogP contribution in [0.2, 0.25) is 0 Å². The number of aliphatic hydroxyl groups is 1. The summed E-state index contributed by atoms with van der Waals surface area (Å²) in [5, 5.41) is 14.1. The van der Waals surface area contributed by atoms with E-state index in [9.17, 15) is 9.90 Å². The maximum absolute atomic E-state index is 11.2. The molecule has 0 saturated heterocycles. The van der Waals surface area contributed by atoms with Crippen LogP contribution in [0.5, 0.6) is 17.2 Å². The van der Waals surface area contributed by atoms with Crippen molar-refractivity contribution in [2.24, 2.45) is 5.73 Å². The maximum atomic E-state index is 11.2. The van der Waals surface area contributed by atoms with E-state index in [1.165, 1.54) is 0 Å². The van der Waals surface area contributed by atoms with Gasteiger partial charge in [-0.3, -0.25) is 4.79 Å². The van der Waals surface area contributed by atoms with Crippen LogP contribution >= 0.6 is 12.4 Å². The van der Waals surface area contributed by atoms with Gasteiger partial charge in [-0.15, -0.1) is 12.4 Å². The number of para-hydroxylation sites is 1. The van der Waals surface area contributed by atoms with Crippen molar-refractivity contribution >= 4 is 18.3 Å². The zero-order valence-corrected chi connectivity index (χ0v) is 23.0. The number of hydrogen-bond acceptors (Lipinski definition) is 5. The summed E-state index contributed by atoms with van der Waals surface area (Å²) in [7, 11) is 0. The summed E-state index contributed by atoms with van der Waals surface area (Å²) in [6, 6.07) is 32.5. The molecule has 0 saturated carbocycles. The first-order chi connectivity index (χ1) is 18.3. The van der Waals surface area contributed by atoms with Crippen LogP contribution in [0.4, 0.5) is 0 Å². The van der Waals surface area contributed by atoms with Crippen LogP contribution in [0.3, 0.4) is 0 Å². The molecular formula is C32H35ClN2O4. The summed E-state index contributed by atoms with van der Waals surface area (Å²) in [6.07, 6.45) is 0.111. The second-order valence-corrected chi connectivity index (χ2v) is 9.90. The molecule has 0 aliphatic heterocycles. The number of halogens is 1. The summed E-state index contributed by atoms with van der Waals surface area (Å²) in [5.41, 5.74) is 8.70. The van der Waals surface area contributed by atoms with Gasteiger partial charge in [0.05, 0.1) is 0 Å². The Hall–Kier alpha value is -3.84. The van der Waals surface area contributed by atoms with Crippen molar-refractivity contribution in [2.45, 2.75) is 31.9 Å². The van der Waals surface area contributed by atoms with Crippen LogP contribution in [0.1, 0.15) is 29.8 Å². The van der Waals surface area contributed by atoms with Gasteiger partial charge in [-0.05, 0) is 73.9 Å². The number of aliphatic hydroxyl groups excluding tert-OH is 1. The van der Waals surface area contributed by atoms with Gasteiger partial charge in [0.1, 0.15) is 30.0 Å². The molecule has 0 aliphatic rings. The van der Waals surface area contributed by atoms with Crippen molar-refractivity contribution in [3.63, 3.8) is 0 Å². The number of benzene rings is 4. The van der Waals surface area contributed by atoms with Gasteiger partial charge in [0.25, 0.3) is 0 Å². The van der Waals surface area contributed by atoms with Gasteiger partial charge in [-0.25, -0.2) is 0 Å². The highest BCUT2D eigenvalue weighted by Gasteiger charge is 2.20. The first-order valence-electron chi connectivity index (χ1n) is 12.7.